The van der Waals surface area contributed by atoms with Gasteiger partial charge in [0.25, 0.3) is 5.56 Å². The van der Waals surface area contributed by atoms with Gasteiger partial charge in [0, 0.05) is 24.9 Å². The van der Waals surface area contributed by atoms with E-state index in [2.05, 4.69) is 5.16 Å². The molecule has 0 amide bonds. The highest BCUT2D eigenvalue weighted by Gasteiger charge is 1.99. The van der Waals surface area contributed by atoms with Crippen LogP contribution in [0.2, 0.25) is 0 Å². The van der Waals surface area contributed by atoms with Crippen LogP contribution in [0.3, 0.4) is 0 Å². The molecule has 0 aromatic carbocycles. The molecule has 1 rings (SSSR count). The number of aryl methyl sites for hydroxylation is 1. The van der Waals surface area contributed by atoms with Crippen molar-refractivity contribution in [3.05, 3.63) is 34.2 Å². The molecule has 12 heavy (non-hydrogen) atoms. The summed E-state index contributed by atoms with van der Waals surface area (Å²) in [7, 11) is 1.62. The topological polar surface area (TPSA) is 80.6 Å². The molecule has 0 bridgehead atoms. The largest absolute Gasteiger partial charge is 0.409 e. The first-order valence-electron chi connectivity index (χ1n) is 3.29. The van der Waals surface area contributed by atoms with Crippen LogP contribution in [0.15, 0.2) is 28.3 Å². The van der Waals surface area contributed by atoms with Gasteiger partial charge in [0.1, 0.15) is 0 Å². The van der Waals surface area contributed by atoms with E-state index in [4.69, 9.17) is 10.9 Å². The lowest BCUT2D eigenvalue weighted by molar-refractivity contribution is 0.318. The van der Waals surface area contributed by atoms with Crippen molar-refractivity contribution >= 4 is 5.84 Å². The van der Waals surface area contributed by atoms with Crippen molar-refractivity contribution in [3.8, 4) is 0 Å². The summed E-state index contributed by atoms with van der Waals surface area (Å²) in [4.78, 5) is 11.0. The third-order valence-electron chi connectivity index (χ3n) is 1.51. The SMILES string of the molecule is Cn1ccc(C(N)=NO)cc1=O. The molecular formula is C7H9N3O2. The maximum absolute atomic E-state index is 11.0. The molecule has 0 aliphatic rings. The molecule has 3 N–H and O–H groups in total. The number of oxime groups is 1. The molecule has 5 heteroatoms. The van der Waals surface area contributed by atoms with Crippen molar-refractivity contribution in [3.63, 3.8) is 0 Å². The molecule has 1 heterocycles. The van der Waals surface area contributed by atoms with Crippen LogP contribution in [0, 0.1) is 0 Å². The van der Waals surface area contributed by atoms with Crippen molar-refractivity contribution in [1.82, 2.24) is 4.57 Å². The summed E-state index contributed by atoms with van der Waals surface area (Å²) in [6.07, 6.45) is 1.55. The number of pyridine rings is 1. The molecule has 0 saturated carbocycles. The summed E-state index contributed by atoms with van der Waals surface area (Å²) < 4.78 is 1.40. The Morgan fingerprint density at radius 3 is 2.92 bits per heavy atom. The number of rotatable bonds is 1. The molecule has 0 atom stereocenters. The van der Waals surface area contributed by atoms with Gasteiger partial charge in [0.2, 0.25) is 0 Å². The smallest absolute Gasteiger partial charge is 0.250 e. The Kier molecular flexibility index (Phi) is 2.14. The molecular weight excluding hydrogens is 158 g/mol. The molecule has 0 aliphatic heterocycles. The predicted molar refractivity (Wildman–Crippen MR) is 44.2 cm³/mol. The molecule has 1 aromatic rings. The number of nitrogens with zero attached hydrogens (tertiary/aromatic N) is 2. The lowest BCUT2D eigenvalue weighted by Gasteiger charge is -1.99. The second-order valence-electron chi connectivity index (χ2n) is 2.35. The predicted octanol–water partition coefficient (Wildman–Crippen LogP) is -0.520. The molecule has 64 valence electrons. The maximum atomic E-state index is 11.0. The van der Waals surface area contributed by atoms with Crippen molar-refractivity contribution < 1.29 is 5.21 Å². The highest BCUT2D eigenvalue weighted by atomic mass is 16.4. The molecule has 0 fully saturated rings. The zero-order valence-electron chi connectivity index (χ0n) is 6.56. The summed E-state index contributed by atoms with van der Waals surface area (Å²) in [5.74, 6) is -0.0623. The van der Waals surface area contributed by atoms with E-state index in [9.17, 15) is 4.79 Å². The van der Waals surface area contributed by atoms with Crippen LogP contribution in [0.5, 0.6) is 0 Å². The van der Waals surface area contributed by atoms with Gasteiger partial charge >= 0.3 is 0 Å². The quantitative estimate of drug-likeness (QED) is 0.255. The van der Waals surface area contributed by atoms with Gasteiger partial charge in [0.05, 0.1) is 0 Å². The van der Waals surface area contributed by atoms with Crippen LogP contribution < -0.4 is 11.3 Å². The van der Waals surface area contributed by atoms with E-state index in [0.717, 1.165) is 0 Å². The van der Waals surface area contributed by atoms with Crippen LogP contribution in [0.1, 0.15) is 5.56 Å². The second kappa shape index (κ2) is 3.08. The number of hydrogen-bond donors (Lipinski definition) is 2. The van der Waals surface area contributed by atoms with E-state index in [1.807, 2.05) is 0 Å². The van der Waals surface area contributed by atoms with Crippen molar-refractivity contribution in [1.29, 1.82) is 0 Å². The normalized spacial score (nSPS) is 11.6. The van der Waals surface area contributed by atoms with Crippen molar-refractivity contribution in [2.24, 2.45) is 17.9 Å². The zero-order valence-corrected chi connectivity index (χ0v) is 6.56. The fourth-order valence-electron chi connectivity index (χ4n) is 0.766. The zero-order chi connectivity index (χ0) is 9.14. The Morgan fingerprint density at radius 1 is 1.75 bits per heavy atom. The van der Waals surface area contributed by atoms with E-state index in [0.29, 0.717) is 5.56 Å². The monoisotopic (exact) mass is 167 g/mol. The lowest BCUT2D eigenvalue weighted by Crippen LogP contribution is -2.20. The van der Waals surface area contributed by atoms with E-state index >= 15 is 0 Å². The lowest BCUT2D eigenvalue weighted by atomic mass is 10.2. The van der Waals surface area contributed by atoms with Crippen LogP contribution in [-0.2, 0) is 7.05 Å². The number of aromatic nitrogens is 1. The Bertz CT molecular complexity index is 367. The van der Waals surface area contributed by atoms with Gasteiger partial charge < -0.3 is 15.5 Å². The summed E-state index contributed by atoms with van der Waals surface area (Å²) in [6, 6.07) is 2.89. The first-order chi connectivity index (χ1) is 5.65. The molecule has 0 radical (unpaired) electrons. The fourth-order valence-corrected chi connectivity index (χ4v) is 0.766. The Morgan fingerprint density at radius 2 is 2.42 bits per heavy atom. The third-order valence-corrected chi connectivity index (χ3v) is 1.51. The second-order valence-corrected chi connectivity index (χ2v) is 2.35. The van der Waals surface area contributed by atoms with Crippen molar-refractivity contribution in [2.45, 2.75) is 0 Å². The van der Waals surface area contributed by atoms with E-state index in [1.54, 1.807) is 19.3 Å². The average Bonchev–Trinajstić information content (AvgIpc) is 2.08. The van der Waals surface area contributed by atoms with Crippen LogP contribution in [0.4, 0.5) is 0 Å². The molecule has 1 aromatic heterocycles. The fraction of sp³-hybridized carbons (Fsp3) is 0.143. The standard InChI is InChI=1S/C7H9N3O2/c1-10-3-2-5(4-6(10)11)7(8)9-12/h2-4,12H,1H3,(H2,8,9). The minimum Gasteiger partial charge on any atom is -0.409 e. The van der Waals surface area contributed by atoms with E-state index < -0.39 is 0 Å². The van der Waals surface area contributed by atoms with Gasteiger partial charge in [-0.05, 0) is 6.07 Å². The highest BCUT2D eigenvalue weighted by molar-refractivity contribution is 5.96. The van der Waals surface area contributed by atoms with E-state index in [-0.39, 0.29) is 11.4 Å². The average molecular weight is 167 g/mol. The highest BCUT2D eigenvalue weighted by Crippen LogP contribution is 1.92. The summed E-state index contributed by atoms with van der Waals surface area (Å²) in [6.45, 7) is 0. The Balaban J connectivity index is 3.23. The van der Waals surface area contributed by atoms with Gasteiger partial charge in [-0.25, -0.2) is 0 Å². The molecule has 0 unspecified atom stereocenters. The summed E-state index contributed by atoms with van der Waals surface area (Å²) in [5.41, 5.74) is 5.49. The first-order valence-corrected chi connectivity index (χ1v) is 3.29. The van der Waals surface area contributed by atoms with E-state index in [1.165, 1.54) is 10.6 Å². The molecule has 0 spiro atoms. The van der Waals surface area contributed by atoms with Crippen molar-refractivity contribution in [2.75, 3.05) is 0 Å². The van der Waals surface area contributed by atoms with Gasteiger partial charge in [0.15, 0.2) is 5.84 Å². The summed E-state index contributed by atoms with van der Waals surface area (Å²) in [5, 5.41) is 11.1. The minimum absolute atomic E-state index is 0.0623. The first kappa shape index (κ1) is 8.32. The Labute approximate surface area is 68.7 Å². The van der Waals surface area contributed by atoms with Crippen LogP contribution in [0.25, 0.3) is 0 Å². The number of hydrogen-bond acceptors (Lipinski definition) is 3. The third kappa shape index (κ3) is 1.45. The number of amidine groups is 1. The van der Waals surface area contributed by atoms with Gasteiger partial charge in [-0.15, -0.1) is 0 Å². The van der Waals surface area contributed by atoms with Gasteiger partial charge in [-0.2, -0.15) is 0 Å². The van der Waals surface area contributed by atoms with Crippen LogP contribution >= 0.6 is 0 Å². The molecule has 0 aliphatic carbocycles. The summed E-state index contributed by atoms with van der Waals surface area (Å²) >= 11 is 0. The van der Waals surface area contributed by atoms with Crippen LogP contribution in [-0.4, -0.2) is 15.6 Å². The number of nitrogens with two attached hydrogens (primary N) is 1. The molecule has 5 nitrogen and oxygen atoms in total. The Hall–Kier alpha value is -1.78. The minimum atomic E-state index is -0.195. The maximum Gasteiger partial charge on any atom is 0.250 e. The molecule has 0 saturated heterocycles. The van der Waals surface area contributed by atoms with Gasteiger partial charge in [-0.1, -0.05) is 5.16 Å². The van der Waals surface area contributed by atoms with Gasteiger partial charge in [-0.3, -0.25) is 4.79 Å².